The molecule has 7 rings (SSSR count). The van der Waals surface area contributed by atoms with Crippen molar-refractivity contribution in [3.05, 3.63) is 96.7 Å². The first-order valence-corrected chi connectivity index (χ1v) is 17.5. The Hall–Kier alpha value is -4.15. The summed E-state index contributed by atoms with van der Waals surface area (Å²) in [5, 5.41) is 5.97. The van der Waals surface area contributed by atoms with Crippen LogP contribution < -0.4 is 9.75 Å². The molecular weight excluding hydrogens is 518 g/mol. The predicted octanol–water partition coefficient (Wildman–Crippen LogP) is 9.67. The quantitative estimate of drug-likeness (QED) is 0.151. The Morgan fingerprint density at radius 1 is 0.634 bits per heavy atom. The fraction of sp³-hybridized carbons (Fsp3) is 0.216. The van der Waals surface area contributed by atoms with Gasteiger partial charge in [-0.05, 0) is 41.8 Å². The monoisotopic (exact) mass is 554 g/mol. The van der Waals surface area contributed by atoms with Crippen molar-refractivity contribution in [3.8, 4) is 22.4 Å². The van der Waals surface area contributed by atoms with Gasteiger partial charge in [0.2, 0.25) is 5.69 Å². The summed E-state index contributed by atoms with van der Waals surface area (Å²) < 4.78 is 15.3. The van der Waals surface area contributed by atoms with E-state index in [2.05, 4.69) is 118 Å². The van der Waals surface area contributed by atoms with E-state index in [1.807, 2.05) is 12.1 Å². The number of pyridine rings is 1. The van der Waals surface area contributed by atoms with Gasteiger partial charge in [-0.3, -0.25) is 0 Å². The normalized spacial score (nSPS) is 12.3. The molecule has 0 atom stereocenters. The molecule has 0 aliphatic rings. The molecule has 0 N–H and O–H groups in total. The zero-order valence-electron chi connectivity index (χ0n) is 24.5. The van der Waals surface area contributed by atoms with Crippen LogP contribution in [0.1, 0.15) is 26.3 Å². The van der Waals surface area contributed by atoms with Gasteiger partial charge < -0.3 is 8.83 Å². The summed E-state index contributed by atoms with van der Waals surface area (Å²) in [6.07, 6.45) is 2.17. The summed E-state index contributed by atoms with van der Waals surface area (Å²) in [6.45, 7) is 9.29. The minimum absolute atomic E-state index is 0.811. The van der Waals surface area contributed by atoms with Gasteiger partial charge in [0.15, 0.2) is 17.4 Å². The van der Waals surface area contributed by atoms with E-state index in [0.29, 0.717) is 0 Å². The van der Waals surface area contributed by atoms with Crippen LogP contribution in [0.15, 0.2) is 100.0 Å². The summed E-state index contributed by atoms with van der Waals surface area (Å²) in [7, 11) is 0.716. The van der Waals surface area contributed by atoms with E-state index in [-0.39, 0.29) is 0 Å². The molecule has 0 bridgehead atoms. The maximum absolute atomic E-state index is 6.75. The largest absolute Gasteiger partial charge is 0.452 e. The molecule has 3 aromatic heterocycles. The van der Waals surface area contributed by atoms with E-state index >= 15 is 0 Å². The van der Waals surface area contributed by atoms with Crippen LogP contribution in [0.4, 0.5) is 0 Å². The molecular formula is C37H36NO2Si+. The van der Waals surface area contributed by atoms with Gasteiger partial charge in [0.1, 0.15) is 18.2 Å². The number of hydrogen-bond acceptors (Lipinski definition) is 2. The lowest BCUT2D eigenvalue weighted by atomic mass is 9.98. The molecule has 0 aliphatic carbocycles. The predicted molar refractivity (Wildman–Crippen MR) is 175 cm³/mol. The van der Waals surface area contributed by atoms with Gasteiger partial charge in [-0.2, -0.15) is 0 Å². The van der Waals surface area contributed by atoms with Gasteiger partial charge in [0.05, 0.1) is 13.6 Å². The van der Waals surface area contributed by atoms with Crippen LogP contribution >= 0.6 is 0 Å². The lowest BCUT2D eigenvalue weighted by Crippen LogP contribution is -2.45. The topological polar surface area (TPSA) is 30.2 Å². The van der Waals surface area contributed by atoms with Crippen molar-refractivity contribution in [1.82, 2.24) is 0 Å². The number of aromatic nitrogens is 1. The van der Waals surface area contributed by atoms with Gasteiger partial charge >= 0.3 is 0 Å². The van der Waals surface area contributed by atoms with Crippen molar-refractivity contribution in [2.45, 2.75) is 45.8 Å². The smallest absolute Gasteiger partial charge is 0.216 e. The molecule has 0 spiro atoms. The number of nitrogens with zero attached hydrogens (tertiary/aromatic N) is 1. The standard InChI is InChI=1S/C37H36NO2Si/c1-6-41(7-2,8-3)27-16-14-25(15-17-27)26-21-22-38(5)32(23-26)34-24(4)13-18-30-31-20-19-29-28-11-9-10-12-33(28)39-36(29)37(31)40-35(30)34/h9-23H,6-8H2,1-5H3/q+1. The highest BCUT2D eigenvalue weighted by molar-refractivity contribution is 6.91. The molecule has 3 nitrogen and oxygen atoms in total. The van der Waals surface area contributed by atoms with E-state index < -0.39 is 8.07 Å². The summed E-state index contributed by atoms with van der Waals surface area (Å²) >= 11 is 0. The number of furan rings is 2. The molecule has 4 heteroatoms. The maximum Gasteiger partial charge on any atom is 0.216 e. The van der Waals surface area contributed by atoms with Crippen LogP contribution in [0.5, 0.6) is 0 Å². The minimum atomic E-state index is -1.40. The highest BCUT2D eigenvalue weighted by atomic mass is 28.3. The highest BCUT2D eigenvalue weighted by Crippen LogP contribution is 2.42. The Morgan fingerprint density at radius 3 is 2.00 bits per heavy atom. The molecule has 0 saturated heterocycles. The van der Waals surface area contributed by atoms with Crippen molar-refractivity contribution >= 4 is 57.1 Å². The molecule has 0 unspecified atom stereocenters. The van der Waals surface area contributed by atoms with Crippen molar-refractivity contribution in [1.29, 1.82) is 0 Å². The number of benzene rings is 4. The number of hydrogen-bond donors (Lipinski definition) is 0. The van der Waals surface area contributed by atoms with E-state index in [0.717, 1.165) is 55.1 Å². The van der Waals surface area contributed by atoms with E-state index in [4.69, 9.17) is 8.83 Å². The van der Waals surface area contributed by atoms with Crippen molar-refractivity contribution in [2.24, 2.45) is 7.05 Å². The number of aryl methyl sites for hydroxylation is 2. The average Bonchev–Trinajstić information content (AvgIpc) is 3.58. The first-order valence-electron chi connectivity index (χ1n) is 14.8. The summed E-state index contributed by atoms with van der Waals surface area (Å²) in [5.41, 5.74) is 9.32. The molecule has 0 radical (unpaired) electrons. The van der Waals surface area contributed by atoms with Crippen LogP contribution in [0.25, 0.3) is 66.3 Å². The van der Waals surface area contributed by atoms with Crippen molar-refractivity contribution < 1.29 is 13.4 Å². The third-order valence-corrected chi connectivity index (χ3v) is 15.2. The molecule has 41 heavy (non-hydrogen) atoms. The summed E-state index contributed by atoms with van der Waals surface area (Å²) in [6, 6.07) is 34.8. The van der Waals surface area contributed by atoms with E-state index in [9.17, 15) is 0 Å². The number of rotatable bonds is 6. The molecule has 0 fully saturated rings. The van der Waals surface area contributed by atoms with Crippen molar-refractivity contribution in [2.75, 3.05) is 0 Å². The van der Waals surface area contributed by atoms with Gasteiger partial charge in [0.25, 0.3) is 0 Å². The molecule has 0 aliphatic heterocycles. The molecule has 0 saturated carbocycles. The number of para-hydroxylation sites is 1. The first kappa shape index (κ1) is 25.8. The third kappa shape index (κ3) is 3.88. The Kier molecular flexibility index (Phi) is 6.13. The van der Waals surface area contributed by atoms with Crippen LogP contribution in [0.3, 0.4) is 0 Å². The third-order valence-electron chi connectivity index (χ3n) is 9.63. The van der Waals surface area contributed by atoms with Crippen LogP contribution in [0.2, 0.25) is 18.1 Å². The van der Waals surface area contributed by atoms with Crippen LogP contribution in [-0.4, -0.2) is 8.07 Å². The molecule has 204 valence electrons. The zero-order valence-corrected chi connectivity index (χ0v) is 25.5. The Labute approximate surface area is 242 Å². The van der Waals surface area contributed by atoms with Gasteiger partial charge in [-0.15, -0.1) is 0 Å². The Bertz CT molecular complexity index is 2070. The molecule has 0 amide bonds. The van der Waals surface area contributed by atoms with Gasteiger partial charge in [0, 0.05) is 33.7 Å². The molecule has 4 aromatic carbocycles. The van der Waals surface area contributed by atoms with Gasteiger partial charge in [-0.1, -0.05) is 98.7 Å². The Morgan fingerprint density at radius 2 is 1.27 bits per heavy atom. The number of fused-ring (bicyclic) bond motifs is 7. The SMILES string of the molecule is CC[Si](CC)(CC)c1ccc(-c2cc[n+](C)c(-c3c(C)ccc4c3oc3c4ccc4c5ccccc5oc43)c2)cc1. The fourth-order valence-corrected chi connectivity index (χ4v) is 10.5. The first-order chi connectivity index (χ1) is 20.0. The Balaban J connectivity index is 1.40. The second-order valence-corrected chi connectivity index (χ2v) is 16.7. The maximum atomic E-state index is 6.75. The summed E-state index contributed by atoms with van der Waals surface area (Å²) in [5.74, 6) is 0. The second-order valence-electron chi connectivity index (χ2n) is 11.5. The highest BCUT2D eigenvalue weighted by Gasteiger charge is 2.29. The zero-order chi connectivity index (χ0) is 28.3. The molecule has 3 heterocycles. The van der Waals surface area contributed by atoms with E-state index in [1.165, 1.54) is 34.8 Å². The second kappa shape index (κ2) is 9.74. The van der Waals surface area contributed by atoms with Crippen molar-refractivity contribution in [3.63, 3.8) is 0 Å². The fourth-order valence-electron chi connectivity index (χ4n) is 6.87. The lowest BCUT2D eigenvalue weighted by Gasteiger charge is -2.28. The minimum Gasteiger partial charge on any atom is -0.452 e. The van der Waals surface area contributed by atoms with Gasteiger partial charge in [-0.25, -0.2) is 4.57 Å². The van der Waals surface area contributed by atoms with Crippen LogP contribution in [0, 0.1) is 6.92 Å². The average molecular weight is 555 g/mol. The van der Waals surface area contributed by atoms with Crippen LogP contribution in [-0.2, 0) is 7.05 Å². The van der Waals surface area contributed by atoms with E-state index in [1.54, 1.807) is 5.19 Å². The lowest BCUT2D eigenvalue weighted by molar-refractivity contribution is -0.660. The summed E-state index contributed by atoms with van der Waals surface area (Å²) in [4.78, 5) is 0. The molecule has 7 aromatic rings.